The first-order valence-electron chi connectivity index (χ1n) is 4.76. The summed E-state index contributed by atoms with van der Waals surface area (Å²) in [6.45, 7) is 3.83. The molecule has 0 aliphatic heterocycles. The molecule has 13 heavy (non-hydrogen) atoms. The van der Waals surface area contributed by atoms with E-state index in [1.807, 2.05) is 0 Å². The Bertz CT molecular complexity index is 194. The smallest absolute Gasteiger partial charge is 0.343 e. The fourth-order valence-electron chi connectivity index (χ4n) is 1.33. The number of unbranched alkanes of at least 4 members (excludes halogenated alkanes) is 3. The van der Waals surface area contributed by atoms with Crippen molar-refractivity contribution in [1.29, 1.82) is 0 Å². The largest absolute Gasteiger partial charge is 1.00 e. The minimum Gasteiger partial charge on any atom is -0.343 e. The zero-order valence-electron chi connectivity index (χ0n) is 8.63. The Labute approximate surface area is 93.9 Å². The van der Waals surface area contributed by atoms with Gasteiger partial charge >= 0.3 is 18.9 Å². The van der Waals surface area contributed by atoms with Gasteiger partial charge in [-0.1, -0.05) is 43.2 Å². The van der Waals surface area contributed by atoms with Gasteiger partial charge in [0.2, 0.25) is 0 Å². The quantitative estimate of drug-likeness (QED) is 0.343. The Morgan fingerprint density at radius 1 is 0.923 bits per heavy atom. The van der Waals surface area contributed by atoms with Gasteiger partial charge in [0.05, 0.1) is 0 Å². The maximum atomic E-state index is 3.83. The molecule has 1 rings (SSSR count). The van der Waals surface area contributed by atoms with Crippen LogP contribution in [0.2, 0.25) is 0 Å². The molecule has 0 aliphatic rings. The Balaban J connectivity index is 0.00000144. The summed E-state index contributed by atoms with van der Waals surface area (Å²) < 4.78 is 0. The number of hydrogen-bond acceptors (Lipinski definition) is 0. The van der Waals surface area contributed by atoms with Crippen LogP contribution in [0.4, 0.5) is 0 Å². The third-order valence-electron chi connectivity index (χ3n) is 2.06. The molecule has 0 aromatic heterocycles. The van der Waals surface area contributed by atoms with Gasteiger partial charge in [-0.2, -0.15) is 6.42 Å². The molecular weight excluding hydrogens is 151 g/mol. The van der Waals surface area contributed by atoms with Crippen LogP contribution in [0.5, 0.6) is 0 Å². The maximum Gasteiger partial charge on any atom is 1.00 e. The van der Waals surface area contributed by atoms with Crippen molar-refractivity contribution in [3.05, 3.63) is 42.8 Å². The SMILES string of the molecule is [CH2-]CCCCCc1ccccc1.[Li+]. The second-order valence-electron chi connectivity index (χ2n) is 3.15. The molecule has 0 saturated heterocycles. The molecule has 0 nitrogen and oxygen atoms in total. The monoisotopic (exact) mass is 168 g/mol. The van der Waals surface area contributed by atoms with E-state index < -0.39 is 0 Å². The number of rotatable bonds is 5. The van der Waals surface area contributed by atoms with Gasteiger partial charge in [-0.05, 0) is 18.4 Å². The standard InChI is InChI=1S/C12H17.Li/c1-2-3-4-6-9-12-10-7-5-8-11-12;/h5,7-8,10-11H,1-4,6,9H2;/q-1;+1. The summed E-state index contributed by atoms with van der Waals surface area (Å²) in [7, 11) is 0. The van der Waals surface area contributed by atoms with E-state index in [4.69, 9.17) is 0 Å². The first kappa shape index (κ1) is 12.8. The van der Waals surface area contributed by atoms with Crippen molar-refractivity contribution in [2.45, 2.75) is 32.1 Å². The van der Waals surface area contributed by atoms with Crippen LogP contribution in [-0.2, 0) is 6.42 Å². The fraction of sp³-hybridized carbons (Fsp3) is 0.417. The van der Waals surface area contributed by atoms with Crippen molar-refractivity contribution in [2.75, 3.05) is 0 Å². The molecule has 66 valence electrons. The molecule has 0 unspecified atom stereocenters. The first-order chi connectivity index (χ1) is 5.93. The zero-order valence-corrected chi connectivity index (χ0v) is 8.63. The van der Waals surface area contributed by atoms with Gasteiger partial charge < -0.3 is 6.92 Å². The second-order valence-corrected chi connectivity index (χ2v) is 3.15. The van der Waals surface area contributed by atoms with Crippen molar-refractivity contribution in [1.82, 2.24) is 0 Å². The van der Waals surface area contributed by atoms with Crippen molar-refractivity contribution in [2.24, 2.45) is 0 Å². The summed E-state index contributed by atoms with van der Waals surface area (Å²) >= 11 is 0. The van der Waals surface area contributed by atoms with Crippen LogP contribution in [-0.4, -0.2) is 0 Å². The summed E-state index contributed by atoms with van der Waals surface area (Å²) in [5, 5.41) is 0. The Morgan fingerprint density at radius 2 is 1.62 bits per heavy atom. The number of aryl methyl sites for hydroxylation is 1. The topological polar surface area (TPSA) is 0 Å². The van der Waals surface area contributed by atoms with Gasteiger partial charge in [0.1, 0.15) is 0 Å². The van der Waals surface area contributed by atoms with E-state index in [1.165, 1.54) is 31.2 Å². The molecule has 0 N–H and O–H groups in total. The summed E-state index contributed by atoms with van der Waals surface area (Å²) in [6, 6.07) is 10.7. The molecule has 1 aromatic carbocycles. The average molecular weight is 168 g/mol. The number of hydrogen-bond donors (Lipinski definition) is 0. The van der Waals surface area contributed by atoms with Crippen LogP contribution in [0.3, 0.4) is 0 Å². The van der Waals surface area contributed by atoms with Crippen LogP contribution < -0.4 is 18.9 Å². The molecule has 0 radical (unpaired) electrons. The third kappa shape index (κ3) is 5.97. The molecule has 1 heteroatoms. The third-order valence-corrected chi connectivity index (χ3v) is 2.06. The van der Waals surface area contributed by atoms with Gasteiger partial charge in [-0.25, -0.2) is 0 Å². The minimum absolute atomic E-state index is 0. The van der Waals surface area contributed by atoms with Gasteiger partial charge in [0, 0.05) is 0 Å². The van der Waals surface area contributed by atoms with E-state index in [-0.39, 0.29) is 18.9 Å². The average Bonchev–Trinajstić information content (AvgIpc) is 2.14. The summed E-state index contributed by atoms with van der Waals surface area (Å²) in [5.41, 5.74) is 1.46. The van der Waals surface area contributed by atoms with Crippen molar-refractivity contribution < 1.29 is 18.9 Å². The summed E-state index contributed by atoms with van der Waals surface area (Å²) in [5.74, 6) is 0. The summed E-state index contributed by atoms with van der Waals surface area (Å²) in [4.78, 5) is 0. The second kappa shape index (κ2) is 8.42. The van der Waals surface area contributed by atoms with Crippen LogP contribution in [0, 0.1) is 6.92 Å². The van der Waals surface area contributed by atoms with Gasteiger partial charge in [0.15, 0.2) is 0 Å². The maximum absolute atomic E-state index is 3.83. The first-order valence-corrected chi connectivity index (χ1v) is 4.76. The molecular formula is C12H17Li. The van der Waals surface area contributed by atoms with Crippen molar-refractivity contribution >= 4 is 0 Å². The molecule has 0 amide bonds. The fourth-order valence-corrected chi connectivity index (χ4v) is 1.33. The van der Waals surface area contributed by atoms with E-state index in [1.54, 1.807) is 0 Å². The molecule has 0 fully saturated rings. The van der Waals surface area contributed by atoms with E-state index in [0.717, 1.165) is 6.42 Å². The molecule has 0 bridgehead atoms. The van der Waals surface area contributed by atoms with Gasteiger partial charge in [-0.3, -0.25) is 0 Å². The predicted octanol–water partition coefficient (Wildman–Crippen LogP) is 0.628. The van der Waals surface area contributed by atoms with Crippen molar-refractivity contribution in [3.63, 3.8) is 0 Å². The zero-order chi connectivity index (χ0) is 8.65. The molecule has 0 atom stereocenters. The molecule has 1 aromatic rings. The van der Waals surface area contributed by atoms with E-state index in [2.05, 4.69) is 37.3 Å². The number of benzene rings is 1. The van der Waals surface area contributed by atoms with Gasteiger partial charge in [-0.15, -0.1) is 0 Å². The van der Waals surface area contributed by atoms with Crippen LogP contribution in [0.15, 0.2) is 30.3 Å². The van der Waals surface area contributed by atoms with Gasteiger partial charge in [0.25, 0.3) is 0 Å². The molecule has 0 aliphatic carbocycles. The van der Waals surface area contributed by atoms with Crippen LogP contribution >= 0.6 is 0 Å². The Kier molecular flexibility index (Phi) is 8.30. The summed E-state index contributed by atoms with van der Waals surface area (Å²) in [6.07, 6.45) is 6.19. The normalized spacial score (nSPS) is 9.31. The van der Waals surface area contributed by atoms with E-state index >= 15 is 0 Å². The van der Waals surface area contributed by atoms with Crippen molar-refractivity contribution in [3.8, 4) is 0 Å². The Hall–Kier alpha value is -0.183. The Morgan fingerprint density at radius 3 is 2.23 bits per heavy atom. The molecule has 0 heterocycles. The van der Waals surface area contributed by atoms with E-state index in [0.29, 0.717) is 0 Å². The van der Waals surface area contributed by atoms with E-state index in [9.17, 15) is 0 Å². The predicted molar refractivity (Wildman–Crippen MR) is 54.0 cm³/mol. The molecule has 0 saturated carbocycles. The minimum atomic E-state index is 0. The van der Waals surface area contributed by atoms with Crippen LogP contribution in [0.25, 0.3) is 0 Å². The van der Waals surface area contributed by atoms with Crippen LogP contribution in [0.1, 0.15) is 31.2 Å². The molecule has 0 spiro atoms.